The number of hydrogen-bond acceptors (Lipinski definition) is 3. The number of nitrogens with zero attached hydrogens (tertiary/aromatic N) is 1. The van der Waals surface area contributed by atoms with Gasteiger partial charge in [0, 0.05) is 26.1 Å². The van der Waals surface area contributed by atoms with Crippen LogP contribution in [0.15, 0.2) is 60.7 Å². The van der Waals surface area contributed by atoms with Crippen molar-refractivity contribution < 1.29 is 13.2 Å². The lowest BCUT2D eigenvalue weighted by atomic mass is 10.1. The molecule has 26 heavy (non-hydrogen) atoms. The van der Waals surface area contributed by atoms with Gasteiger partial charge >= 0.3 is 0 Å². The molecule has 0 radical (unpaired) electrons. The van der Waals surface area contributed by atoms with Gasteiger partial charge < -0.3 is 5.32 Å². The zero-order chi connectivity index (χ0) is 18.8. The van der Waals surface area contributed by atoms with Gasteiger partial charge in [0.15, 0.2) is 0 Å². The number of carbonyl (C=O) groups excluding carboxylic acids is 1. The summed E-state index contributed by atoms with van der Waals surface area (Å²) in [6.07, 6.45) is 2.74. The number of carbonyl (C=O) groups is 1. The Bertz CT molecular complexity index is 777. The molecule has 0 saturated carbocycles. The Morgan fingerprint density at radius 3 is 1.96 bits per heavy atom. The van der Waals surface area contributed by atoms with Gasteiger partial charge in [0.05, 0.1) is 6.26 Å². The molecule has 2 aromatic carbocycles. The van der Waals surface area contributed by atoms with Crippen LogP contribution in [0.2, 0.25) is 0 Å². The molecule has 0 saturated heterocycles. The molecule has 140 valence electrons. The highest BCUT2D eigenvalue weighted by Gasteiger charge is 2.17. The van der Waals surface area contributed by atoms with Crippen LogP contribution < -0.4 is 5.32 Å². The summed E-state index contributed by atoms with van der Waals surface area (Å²) in [7, 11) is -3.34. The number of hydrogen-bond donors (Lipinski definition) is 1. The van der Waals surface area contributed by atoms with Crippen molar-refractivity contribution in [2.75, 3.05) is 25.9 Å². The van der Waals surface area contributed by atoms with Crippen LogP contribution in [0.5, 0.6) is 0 Å². The summed E-state index contributed by atoms with van der Waals surface area (Å²) in [5, 5.41) is 2.85. The fourth-order valence-corrected chi connectivity index (χ4v) is 3.49. The molecule has 2 aromatic rings. The minimum atomic E-state index is -3.34. The SMILES string of the molecule is CS(=O)(=O)N(CCC(=O)NCCc1ccccc1)CCc1ccccc1. The van der Waals surface area contributed by atoms with Crippen molar-refractivity contribution in [2.45, 2.75) is 19.3 Å². The summed E-state index contributed by atoms with van der Waals surface area (Å²) < 4.78 is 25.3. The number of amides is 1. The summed E-state index contributed by atoms with van der Waals surface area (Å²) in [6.45, 7) is 1.12. The van der Waals surface area contributed by atoms with E-state index in [2.05, 4.69) is 5.32 Å². The van der Waals surface area contributed by atoms with E-state index >= 15 is 0 Å². The van der Waals surface area contributed by atoms with E-state index in [9.17, 15) is 13.2 Å². The van der Waals surface area contributed by atoms with Crippen molar-refractivity contribution in [3.05, 3.63) is 71.8 Å². The second kappa shape index (κ2) is 10.1. The summed E-state index contributed by atoms with van der Waals surface area (Å²) in [5.41, 5.74) is 2.24. The van der Waals surface area contributed by atoms with E-state index < -0.39 is 10.0 Å². The number of sulfonamides is 1. The van der Waals surface area contributed by atoms with Gasteiger partial charge in [0.1, 0.15) is 0 Å². The molecule has 0 unspecified atom stereocenters. The minimum Gasteiger partial charge on any atom is -0.356 e. The largest absolute Gasteiger partial charge is 0.356 e. The van der Waals surface area contributed by atoms with E-state index in [4.69, 9.17) is 0 Å². The first-order chi connectivity index (χ1) is 12.4. The van der Waals surface area contributed by atoms with Gasteiger partial charge in [-0.25, -0.2) is 12.7 Å². The molecular formula is C20H26N2O3S. The monoisotopic (exact) mass is 374 g/mol. The maximum atomic E-state index is 12.0. The maximum absolute atomic E-state index is 12.0. The first kappa shape index (κ1) is 20.1. The minimum absolute atomic E-state index is 0.130. The first-order valence-corrected chi connectivity index (χ1v) is 10.6. The van der Waals surface area contributed by atoms with Crippen molar-refractivity contribution in [3.63, 3.8) is 0 Å². The average molecular weight is 375 g/mol. The Kier molecular flexibility index (Phi) is 7.81. The molecule has 1 N–H and O–H groups in total. The van der Waals surface area contributed by atoms with Crippen molar-refractivity contribution in [2.24, 2.45) is 0 Å². The molecular weight excluding hydrogens is 348 g/mol. The summed E-state index contributed by atoms with van der Waals surface area (Å²) in [6, 6.07) is 19.6. The van der Waals surface area contributed by atoms with Crippen LogP contribution in [-0.2, 0) is 27.7 Å². The molecule has 0 heterocycles. The van der Waals surface area contributed by atoms with Crippen LogP contribution in [0.1, 0.15) is 17.5 Å². The van der Waals surface area contributed by atoms with Crippen LogP contribution in [-0.4, -0.2) is 44.5 Å². The van der Waals surface area contributed by atoms with Crippen LogP contribution in [0.3, 0.4) is 0 Å². The predicted molar refractivity (Wildman–Crippen MR) is 104 cm³/mol. The lowest BCUT2D eigenvalue weighted by Crippen LogP contribution is -2.36. The lowest BCUT2D eigenvalue weighted by molar-refractivity contribution is -0.121. The van der Waals surface area contributed by atoms with Crippen molar-refractivity contribution >= 4 is 15.9 Å². The Balaban J connectivity index is 1.76. The fraction of sp³-hybridized carbons (Fsp3) is 0.350. The highest BCUT2D eigenvalue weighted by molar-refractivity contribution is 7.88. The van der Waals surface area contributed by atoms with Crippen LogP contribution >= 0.6 is 0 Å². The standard InChI is InChI=1S/C20H26N2O3S/c1-26(24,25)22(16-13-19-10-6-3-7-11-19)17-14-20(23)21-15-12-18-8-4-2-5-9-18/h2-11H,12-17H2,1H3,(H,21,23). The van der Waals surface area contributed by atoms with Gasteiger partial charge in [-0.15, -0.1) is 0 Å². The van der Waals surface area contributed by atoms with E-state index in [-0.39, 0.29) is 18.9 Å². The van der Waals surface area contributed by atoms with E-state index in [1.54, 1.807) is 0 Å². The third kappa shape index (κ3) is 7.37. The molecule has 0 fully saturated rings. The lowest BCUT2D eigenvalue weighted by Gasteiger charge is -2.19. The topological polar surface area (TPSA) is 66.5 Å². The Morgan fingerprint density at radius 1 is 0.885 bits per heavy atom. The van der Waals surface area contributed by atoms with E-state index in [0.29, 0.717) is 19.5 Å². The van der Waals surface area contributed by atoms with Gasteiger partial charge in [-0.05, 0) is 24.0 Å². The van der Waals surface area contributed by atoms with Gasteiger partial charge in [0.25, 0.3) is 0 Å². The molecule has 0 bridgehead atoms. The number of nitrogens with one attached hydrogen (secondary N) is 1. The molecule has 6 heteroatoms. The molecule has 0 atom stereocenters. The molecule has 1 amide bonds. The highest BCUT2D eigenvalue weighted by Crippen LogP contribution is 2.06. The maximum Gasteiger partial charge on any atom is 0.221 e. The molecule has 0 aliphatic heterocycles. The quantitative estimate of drug-likeness (QED) is 0.694. The Morgan fingerprint density at radius 2 is 1.42 bits per heavy atom. The van der Waals surface area contributed by atoms with Crippen LogP contribution in [0.25, 0.3) is 0 Å². The molecule has 5 nitrogen and oxygen atoms in total. The van der Waals surface area contributed by atoms with Gasteiger partial charge in [-0.3, -0.25) is 4.79 Å². The van der Waals surface area contributed by atoms with Gasteiger partial charge in [-0.1, -0.05) is 60.7 Å². The second-order valence-electron chi connectivity index (χ2n) is 6.23. The van der Waals surface area contributed by atoms with Crippen molar-refractivity contribution in [1.29, 1.82) is 0 Å². The van der Waals surface area contributed by atoms with Crippen LogP contribution in [0.4, 0.5) is 0 Å². The van der Waals surface area contributed by atoms with Crippen LogP contribution in [0, 0.1) is 0 Å². The number of benzene rings is 2. The number of rotatable bonds is 10. The zero-order valence-corrected chi connectivity index (χ0v) is 15.9. The predicted octanol–water partition coefficient (Wildman–Crippen LogP) is 2.24. The fourth-order valence-electron chi connectivity index (χ4n) is 2.65. The molecule has 0 aromatic heterocycles. The summed E-state index contributed by atoms with van der Waals surface area (Å²) in [5.74, 6) is -0.130. The van der Waals surface area contributed by atoms with Gasteiger partial charge in [-0.2, -0.15) is 0 Å². The molecule has 2 rings (SSSR count). The van der Waals surface area contributed by atoms with E-state index in [0.717, 1.165) is 17.5 Å². The van der Waals surface area contributed by atoms with Gasteiger partial charge in [0.2, 0.25) is 15.9 Å². The smallest absolute Gasteiger partial charge is 0.221 e. The summed E-state index contributed by atoms with van der Waals surface area (Å²) >= 11 is 0. The van der Waals surface area contributed by atoms with Crippen molar-refractivity contribution in [1.82, 2.24) is 9.62 Å². The zero-order valence-electron chi connectivity index (χ0n) is 15.1. The van der Waals surface area contributed by atoms with Crippen molar-refractivity contribution in [3.8, 4) is 0 Å². The molecule has 0 aliphatic rings. The highest BCUT2D eigenvalue weighted by atomic mass is 32.2. The third-order valence-corrected chi connectivity index (χ3v) is 5.43. The first-order valence-electron chi connectivity index (χ1n) is 8.75. The summed E-state index contributed by atoms with van der Waals surface area (Å²) in [4.78, 5) is 12.0. The molecule has 0 aliphatic carbocycles. The third-order valence-electron chi connectivity index (χ3n) is 4.13. The van der Waals surface area contributed by atoms with E-state index in [1.165, 1.54) is 10.6 Å². The molecule has 0 spiro atoms. The Labute approximate surface area is 156 Å². The Hall–Kier alpha value is -2.18. The van der Waals surface area contributed by atoms with E-state index in [1.807, 2.05) is 60.7 Å². The second-order valence-corrected chi connectivity index (χ2v) is 8.22. The average Bonchev–Trinajstić information content (AvgIpc) is 2.62. The normalized spacial score (nSPS) is 11.5.